The van der Waals surface area contributed by atoms with Gasteiger partial charge in [-0.1, -0.05) is 19.1 Å². The SMILES string of the molecule is CCCOc1ccc(/C=C/C(=O)c2ccc(OCC(=O)N(C)C)cc2)cc1OC. The molecule has 0 fully saturated rings. The van der Waals surface area contributed by atoms with Crippen LogP contribution in [0.2, 0.25) is 0 Å². The van der Waals surface area contributed by atoms with Crippen LogP contribution in [0.3, 0.4) is 0 Å². The lowest BCUT2D eigenvalue weighted by Crippen LogP contribution is -2.27. The van der Waals surface area contributed by atoms with Gasteiger partial charge >= 0.3 is 0 Å². The molecule has 0 aliphatic heterocycles. The molecule has 0 unspecified atom stereocenters. The molecule has 0 N–H and O–H groups in total. The maximum Gasteiger partial charge on any atom is 0.259 e. The Kier molecular flexibility index (Phi) is 8.27. The Morgan fingerprint density at radius 1 is 1.00 bits per heavy atom. The molecule has 1 amide bonds. The number of methoxy groups -OCH3 is 1. The monoisotopic (exact) mass is 397 g/mol. The Balaban J connectivity index is 2.00. The lowest BCUT2D eigenvalue weighted by Gasteiger charge is -2.11. The topological polar surface area (TPSA) is 65.1 Å². The summed E-state index contributed by atoms with van der Waals surface area (Å²) >= 11 is 0. The first-order valence-corrected chi connectivity index (χ1v) is 9.40. The van der Waals surface area contributed by atoms with Crippen molar-refractivity contribution < 1.29 is 23.8 Å². The van der Waals surface area contributed by atoms with Crippen molar-refractivity contribution in [2.75, 3.05) is 34.4 Å². The highest BCUT2D eigenvalue weighted by atomic mass is 16.5. The molecule has 0 heterocycles. The quantitative estimate of drug-likeness (QED) is 0.450. The van der Waals surface area contributed by atoms with E-state index in [-0.39, 0.29) is 18.3 Å². The van der Waals surface area contributed by atoms with Crippen LogP contribution in [0.5, 0.6) is 17.2 Å². The molecule has 0 aliphatic rings. The first-order chi connectivity index (χ1) is 13.9. The van der Waals surface area contributed by atoms with Gasteiger partial charge in [0.15, 0.2) is 23.9 Å². The summed E-state index contributed by atoms with van der Waals surface area (Å²) in [5, 5.41) is 0. The zero-order chi connectivity index (χ0) is 21.2. The minimum atomic E-state index is -0.133. The van der Waals surface area contributed by atoms with Crippen molar-refractivity contribution in [2.24, 2.45) is 0 Å². The zero-order valence-electron chi connectivity index (χ0n) is 17.3. The van der Waals surface area contributed by atoms with Gasteiger partial charge in [0.05, 0.1) is 13.7 Å². The fraction of sp³-hybridized carbons (Fsp3) is 0.304. The van der Waals surface area contributed by atoms with Gasteiger partial charge in [-0.25, -0.2) is 0 Å². The number of nitrogens with zero attached hydrogens (tertiary/aromatic N) is 1. The predicted octanol–water partition coefficient (Wildman–Crippen LogP) is 3.85. The summed E-state index contributed by atoms with van der Waals surface area (Å²) in [6, 6.07) is 12.2. The first kappa shape index (κ1) is 22.0. The maximum atomic E-state index is 12.4. The molecule has 2 aromatic rings. The van der Waals surface area contributed by atoms with E-state index in [1.165, 1.54) is 11.0 Å². The minimum Gasteiger partial charge on any atom is -0.493 e. The zero-order valence-corrected chi connectivity index (χ0v) is 17.3. The van der Waals surface area contributed by atoms with E-state index in [9.17, 15) is 9.59 Å². The molecule has 6 heteroatoms. The summed E-state index contributed by atoms with van der Waals surface area (Å²) in [6.07, 6.45) is 4.15. The van der Waals surface area contributed by atoms with Crippen molar-refractivity contribution in [3.63, 3.8) is 0 Å². The number of amides is 1. The molecule has 0 aromatic heterocycles. The summed E-state index contributed by atoms with van der Waals surface area (Å²) in [5.74, 6) is 1.58. The number of hydrogen-bond acceptors (Lipinski definition) is 5. The van der Waals surface area contributed by atoms with Crippen molar-refractivity contribution in [3.8, 4) is 17.2 Å². The van der Waals surface area contributed by atoms with Crippen molar-refractivity contribution in [1.82, 2.24) is 4.90 Å². The second-order valence-corrected chi connectivity index (χ2v) is 6.56. The van der Waals surface area contributed by atoms with E-state index >= 15 is 0 Å². The normalized spacial score (nSPS) is 10.6. The van der Waals surface area contributed by atoms with E-state index in [2.05, 4.69) is 0 Å². The highest BCUT2D eigenvalue weighted by Gasteiger charge is 2.07. The molecule has 2 aromatic carbocycles. The maximum absolute atomic E-state index is 12.4. The number of allylic oxidation sites excluding steroid dienone is 1. The Bertz CT molecular complexity index is 856. The Labute approximate surface area is 171 Å². The first-order valence-electron chi connectivity index (χ1n) is 9.40. The number of ketones is 1. The molecule has 29 heavy (non-hydrogen) atoms. The number of rotatable bonds is 10. The van der Waals surface area contributed by atoms with Crippen LogP contribution in [0.1, 0.15) is 29.3 Å². The molecule has 0 radical (unpaired) electrons. The second-order valence-electron chi connectivity index (χ2n) is 6.56. The number of carbonyl (C=O) groups excluding carboxylic acids is 2. The molecule has 0 saturated heterocycles. The van der Waals surface area contributed by atoms with E-state index in [1.54, 1.807) is 51.5 Å². The predicted molar refractivity (Wildman–Crippen MR) is 113 cm³/mol. The molecule has 154 valence electrons. The van der Waals surface area contributed by atoms with Gasteiger partial charge in [-0.3, -0.25) is 9.59 Å². The van der Waals surface area contributed by atoms with Gasteiger partial charge in [-0.15, -0.1) is 0 Å². The summed E-state index contributed by atoms with van der Waals surface area (Å²) in [6.45, 7) is 2.62. The lowest BCUT2D eigenvalue weighted by molar-refractivity contribution is -0.130. The molecule has 0 bridgehead atoms. The van der Waals surface area contributed by atoms with Crippen LogP contribution in [0, 0.1) is 0 Å². The van der Waals surface area contributed by atoms with E-state index in [0.29, 0.717) is 29.4 Å². The summed E-state index contributed by atoms with van der Waals surface area (Å²) < 4.78 is 16.4. The van der Waals surface area contributed by atoms with Gasteiger partial charge in [-0.2, -0.15) is 0 Å². The summed E-state index contributed by atoms with van der Waals surface area (Å²) in [5.41, 5.74) is 1.36. The van der Waals surface area contributed by atoms with Crippen molar-refractivity contribution in [1.29, 1.82) is 0 Å². The molecular formula is C23H27NO5. The van der Waals surface area contributed by atoms with Crippen LogP contribution in [-0.2, 0) is 4.79 Å². The third-order valence-corrected chi connectivity index (χ3v) is 4.08. The molecule has 0 atom stereocenters. The minimum absolute atomic E-state index is 0.0417. The number of hydrogen-bond donors (Lipinski definition) is 0. The van der Waals surface area contributed by atoms with Crippen molar-refractivity contribution in [3.05, 3.63) is 59.7 Å². The van der Waals surface area contributed by atoms with Crippen LogP contribution < -0.4 is 14.2 Å². The number of likely N-dealkylation sites (N-methyl/N-ethyl adjacent to an activating group) is 1. The molecule has 0 spiro atoms. The smallest absolute Gasteiger partial charge is 0.259 e. The molecule has 0 aliphatic carbocycles. The van der Waals surface area contributed by atoms with Crippen molar-refractivity contribution >= 4 is 17.8 Å². The largest absolute Gasteiger partial charge is 0.493 e. The van der Waals surface area contributed by atoms with E-state index in [0.717, 1.165) is 12.0 Å². The Morgan fingerprint density at radius 2 is 1.72 bits per heavy atom. The van der Waals surface area contributed by atoms with E-state index in [1.807, 2.05) is 25.1 Å². The Hall–Kier alpha value is -3.28. The van der Waals surface area contributed by atoms with E-state index in [4.69, 9.17) is 14.2 Å². The number of ether oxygens (including phenoxy) is 3. The number of benzene rings is 2. The fourth-order valence-electron chi connectivity index (χ4n) is 2.38. The van der Waals surface area contributed by atoms with Crippen molar-refractivity contribution in [2.45, 2.75) is 13.3 Å². The van der Waals surface area contributed by atoms with Gasteiger partial charge < -0.3 is 19.1 Å². The highest BCUT2D eigenvalue weighted by molar-refractivity contribution is 6.06. The van der Waals surface area contributed by atoms with Gasteiger partial charge in [0.25, 0.3) is 5.91 Å². The van der Waals surface area contributed by atoms with Gasteiger partial charge in [0, 0.05) is 19.7 Å². The lowest BCUT2D eigenvalue weighted by atomic mass is 10.1. The van der Waals surface area contributed by atoms with Crippen LogP contribution in [0.25, 0.3) is 6.08 Å². The van der Waals surface area contributed by atoms with Gasteiger partial charge in [0.2, 0.25) is 0 Å². The van der Waals surface area contributed by atoms with Crippen LogP contribution in [-0.4, -0.2) is 51.0 Å². The average Bonchev–Trinajstić information content (AvgIpc) is 2.74. The van der Waals surface area contributed by atoms with Crippen LogP contribution >= 0.6 is 0 Å². The third kappa shape index (κ3) is 6.68. The molecule has 0 saturated carbocycles. The molecule has 6 nitrogen and oxygen atoms in total. The van der Waals surface area contributed by atoms with Gasteiger partial charge in [0.1, 0.15) is 5.75 Å². The average molecular weight is 397 g/mol. The third-order valence-electron chi connectivity index (χ3n) is 4.08. The molecule has 2 rings (SSSR count). The summed E-state index contributed by atoms with van der Waals surface area (Å²) in [7, 11) is 4.92. The van der Waals surface area contributed by atoms with Crippen LogP contribution in [0.4, 0.5) is 0 Å². The van der Waals surface area contributed by atoms with Crippen LogP contribution in [0.15, 0.2) is 48.5 Å². The molecular weight excluding hydrogens is 370 g/mol. The fourth-order valence-corrected chi connectivity index (χ4v) is 2.38. The van der Waals surface area contributed by atoms with E-state index < -0.39 is 0 Å². The highest BCUT2D eigenvalue weighted by Crippen LogP contribution is 2.28. The summed E-state index contributed by atoms with van der Waals surface area (Å²) in [4.78, 5) is 25.4. The number of carbonyl (C=O) groups is 2. The second kappa shape index (κ2) is 10.9. The Morgan fingerprint density at radius 3 is 2.34 bits per heavy atom. The standard InChI is InChI=1S/C23H27NO5/c1-5-14-28-21-13-7-17(15-22(21)27-4)6-12-20(25)18-8-10-19(11-9-18)29-16-23(26)24(2)3/h6-13,15H,5,14,16H2,1-4H3/b12-6+. The van der Waals surface area contributed by atoms with Gasteiger partial charge in [-0.05, 0) is 54.5 Å².